The molecule has 0 unspecified atom stereocenters. The molecule has 7 nitrogen and oxygen atoms in total. The molecule has 0 fully saturated rings. The van der Waals surface area contributed by atoms with Crippen LogP contribution in [0.15, 0.2) is 11.1 Å². The van der Waals surface area contributed by atoms with E-state index in [1.165, 1.54) is 0 Å². The van der Waals surface area contributed by atoms with Gasteiger partial charge in [-0.3, -0.25) is 5.10 Å². The molecule has 0 bridgehead atoms. The van der Waals surface area contributed by atoms with Crippen molar-refractivity contribution in [1.82, 2.24) is 10.2 Å². The Bertz CT molecular complexity index is 421. The van der Waals surface area contributed by atoms with Crippen molar-refractivity contribution in [2.75, 3.05) is 7.11 Å². The molecule has 1 aromatic rings. The van der Waals surface area contributed by atoms with E-state index in [2.05, 4.69) is 14.9 Å². The number of ether oxygens (including phenoxy) is 1. The second kappa shape index (κ2) is 3.15. The topological polar surface area (TPSA) is 115 Å². The second-order valence-corrected chi connectivity index (χ2v) is 3.68. The molecule has 0 saturated heterocycles. The Morgan fingerprint density at radius 1 is 1.69 bits per heavy atom. The number of carbonyl (C=O) groups excluding carboxylic acids is 1. The lowest BCUT2D eigenvalue weighted by Crippen LogP contribution is -2.16. The van der Waals surface area contributed by atoms with Crippen LogP contribution < -0.4 is 5.14 Å². The average molecular weight is 205 g/mol. The van der Waals surface area contributed by atoms with Gasteiger partial charge in [-0.1, -0.05) is 0 Å². The first-order chi connectivity index (χ1) is 5.96. The number of carbonyl (C=O) groups is 1. The number of aromatic nitrogens is 2. The largest absolute Gasteiger partial charge is 0.464 e. The van der Waals surface area contributed by atoms with E-state index in [0.717, 1.165) is 13.3 Å². The highest BCUT2D eigenvalue weighted by molar-refractivity contribution is 7.89. The summed E-state index contributed by atoms with van der Waals surface area (Å²) >= 11 is 0. The number of esters is 1. The van der Waals surface area contributed by atoms with E-state index >= 15 is 0 Å². The van der Waals surface area contributed by atoms with Crippen LogP contribution in [0.5, 0.6) is 0 Å². The number of primary sulfonamides is 1. The predicted molar refractivity (Wildman–Crippen MR) is 41.3 cm³/mol. The van der Waals surface area contributed by atoms with E-state index in [4.69, 9.17) is 5.14 Å². The van der Waals surface area contributed by atoms with E-state index in [-0.39, 0.29) is 10.6 Å². The van der Waals surface area contributed by atoms with Crippen LogP contribution in [0.25, 0.3) is 0 Å². The van der Waals surface area contributed by atoms with Gasteiger partial charge in [-0.05, 0) is 0 Å². The van der Waals surface area contributed by atoms with Crippen LogP contribution >= 0.6 is 0 Å². The lowest BCUT2D eigenvalue weighted by Gasteiger charge is -1.97. The second-order valence-electron chi connectivity index (χ2n) is 2.15. The third-order valence-corrected chi connectivity index (χ3v) is 2.22. The van der Waals surface area contributed by atoms with Crippen LogP contribution in [0.2, 0.25) is 0 Å². The van der Waals surface area contributed by atoms with Crippen LogP contribution in [-0.4, -0.2) is 31.7 Å². The van der Waals surface area contributed by atoms with Crippen molar-refractivity contribution in [2.45, 2.75) is 4.90 Å². The normalized spacial score (nSPS) is 11.2. The molecular formula is C5H7N3O4S. The molecular weight excluding hydrogens is 198 g/mol. The maximum Gasteiger partial charge on any atom is 0.357 e. The summed E-state index contributed by atoms with van der Waals surface area (Å²) < 4.78 is 26.0. The van der Waals surface area contributed by atoms with Gasteiger partial charge in [-0.25, -0.2) is 18.4 Å². The number of sulfonamides is 1. The summed E-state index contributed by atoms with van der Waals surface area (Å²) in [4.78, 5) is 10.6. The third kappa shape index (κ3) is 1.84. The number of H-pyrrole nitrogens is 1. The molecule has 0 aliphatic heterocycles. The minimum Gasteiger partial charge on any atom is -0.464 e. The fourth-order valence-electron chi connectivity index (χ4n) is 0.739. The van der Waals surface area contributed by atoms with Crippen LogP contribution in [0, 0.1) is 0 Å². The highest BCUT2D eigenvalue weighted by Gasteiger charge is 2.21. The molecule has 3 N–H and O–H groups in total. The Hall–Kier alpha value is -1.41. The van der Waals surface area contributed by atoms with Gasteiger partial charge in [-0.2, -0.15) is 5.10 Å². The molecule has 0 aliphatic carbocycles. The number of rotatable bonds is 2. The lowest BCUT2D eigenvalue weighted by atomic mass is 10.4. The van der Waals surface area contributed by atoms with Crippen LogP contribution in [0.3, 0.4) is 0 Å². The summed E-state index contributed by atoms with van der Waals surface area (Å²) in [5.41, 5.74) is -0.273. The number of nitrogens with zero attached hydrogens (tertiary/aromatic N) is 1. The first-order valence-corrected chi connectivity index (χ1v) is 4.66. The van der Waals surface area contributed by atoms with Gasteiger partial charge in [0, 0.05) is 0 Å². The predicted octanol–water partition coefficient (Wildman–Crippen LogP) is -1.16. The molecule has 0 spiro atoms. The molecule has 0 radical (unpaired) electrons. The van der Waals surface area contributed by atoms with Gasteiger partial charge in [0.15, 0.2) is 5.69 Å². The van der Waals surface area contributed by atoms with Crippen molar-refractivity contribution < 1.29 is 17.9 Å². The van der Waals surface area contributed by atoms with Gasteiger partial charge in [0.1, 0.15) is 4.90 Å². The van der Waals surface area contributed by atoms with Gasteiger partial charge in [-0.15, -0.1) is 0 Å². The number of hydrogen-bond acceptors (Lipinski definition) is 5. The minimum absolute atomic E-state index is 0.273. The molecule has 0 aliphatic rings. The number of aromatic amines is 1. The Labute approximate surface area is 73.9 Å². The Morgan fingerprint density at radius 3 is 2.77 bits per heavy atom. The fourth-order valence-corrected chi connectivity index (χ4v) is 1.35. The zero-order valence-electron chi connectivity index (χ0n) is 6.64. The van der Waals surface area contributed by atoms with Crippen molar-refractivity contribution >= 4 is 16.0 Å². The molecule has 1 aromatic heterocycles. The lowest BCUT2D eigenvalue weighted by molar-refractivity contribution is 0.0589. The molecule has 0 aromatic carbocycles. The van der Waals surface area contributed by atoms with Crippen molar-refractivity contribution in [2.24, 2.45) is 5.14 Å². The Kier molecular flexibility index (Phi) is 2.34. The summed E-state index contributed by atoms with van der Waals surface area (Å²) in [7, 11) is -2.82. The van der Waals surface area contributed by atoms with E-state index in [1.54, 1.807) is 0 Å². The minimum atomic E-state index is -3.94. The number of methoxy groups -OCH3 is 1. The van der Waals surface area contributed by atoms with Gasteiger partial charge < -0.3 is 4.74 Å². The molecule has 1 heterocycles. The standard InChI is InChI=1S/C5H7N3O4S/c1-12-5(9)4-3(2-7-8-4)13(6,10)11/h2H,1H3,(H,7,8)(H2,6,10,11). The summed E-state index contributed by atoms with van der Waals surface area (Å²) in [5, 5.41) is 10.4. The highest BCUT2D eigenvalue weighted by Crippen LogP contribution is 2.10. The fraction of sp³-hybridized carbons (Fsp3) is 0.200. The zero-order valence-corrected chi connectivity index (χ0v) is 7.46. The number of hydrogen-bond donors (Lipinski definition) is 2. The quantitative estimate of drug-likeness (QED) is 0.591. The van der Waals surface area contributed by atoms with Crippen molar-refractivity contribution in [3.05, 3.63) is 11.9 Å². The monoisotopic (exact) mass is 205 g/mol. The first-order valence-electron chi connectivity index (χ1n) is 3.11. The van der Waals surface area contributed by atoms with E-state index < -0.39 is 16.0 Å². The molecule has 0 saturated carbocycles. The Morgan fingerprint density at radius 2 is 2.31 bits per heavy atom. The molecule has 13 heavy (non-hydrogen) atoms. The van der Waals surface area contributed by atoms with Crippen LogP contribution in [-0.2, 0) is 14.8 Å². The zero-order chi connectivity index (χ0) is 10.1. The summed E-state index contributed by atoms with van der Waals surface area (Å²) in [6.45, 7) is 0. The summed E-state index contributed by atoms with van der Waals surface area (Å²) in [5.74, 6) is -0.832. The van der Waals surface area contributed by atoms with Crippen LogP contribution in [0.1, 0.15) is 10.5 Å². The summed E-state index contributed by atoms with van der Waals surface area (Å²) in [6, 6.07) is 0. The van der Waals surface area contributed by atoms with E-state index in [1.807, 2.05) is 0 Å². The van der Waals surface area contributed by atoms with Crippen LogP contribution in [0.4, 0.5) is 0 Å². The molecule has 1 rings (SSSR count). The molecule has 0 atom stereocenters. The van der Waals surface area contributed by atoms with Crippen molar-refractivity contribution in [3.63, 3.8) is 0 Å². The van der Waals surface area contributed by atoms with E-state index in [0.29, 0.717) is 0 Å². The van der Waals surface area contributed by atoms with Crippen molar-refractivity contribution in [1.29, 1.82) is 0 Å². The number of nitrogens with one attached hydrogen (secondary N) is 1. The third-order valence-electron chi connectivity index (χ3n) is 1.30. The molecule has 72 valence electrons. The maximum atomic E-state index is 10.9. The average Bonchev–Trinajstić information content (AvgIpc) is 2.49. The van der Waals surface area contributed by atoms with Gasteiger partial charge in [0.2, 0.25) is 10.0 Å². The van der Waals surface area contributed by atoms with Gasteiger partial charge in [0.25, 0.3) is 0 Å². The number of nitrogens with two attached hydrogens (primary N) is 1. The maximum absolute atomic E-state index is 10.9. The summed E-state index contributed by atoms with van der Waals surface area (Å²) in [6.07, 6.45) is 0.946. The first kappa shape index (κ1) is 9.68. The van der Waals surface area contributed by atoms with Gasteiger partial charge >= 0.3 is 5.97 Å². The highest BCUT2D eigenvalue weighted by atomic mass is 32.2. The van der Waals surface area contributed by atoms with Crippen molar-refractivity contribution in [3.8, 4) is 0 Å². The SMILES string of the molecule is COC(=O)c1[nH]ncc1S(N)(=O)=O. The van der Waals surface area contributed by atoms with Gasteiger partial charge in [0.05, 0.1) is 13.3 Å². The molecule has 8 heteroatoms. The molecule has 0 amide bonds. The Balaban J connectivity index is 3.26. The smallest absolute Gasteiger partial charge is 0.357 e. The van der Waals surface area contributed by atoms with E-state index in [9.17, 15) is 13.2 Å².